The summed E-state index contributed by atoms with van der Waals surface area (Å²) in [5.74, 6) is -1.14. The van der Waals surface area contributed by atoms with Gasteiger partial charge in [-0.05, 0) is 66.4 Å². The first-order valence-electron chi connectivity index (χ1n) is 11.5. The fourth-order valence-electron chi connectivity index (χ4n) is 2.95. The minimum Gasteiger partial charge on any atom is -0.492 e. The molecule has 0 aliphatic carbocycles. The maximum absolute atomic E-state index is 14.4. The van der Waals surface area contributed by atoms with Crippen LogP contribution in [0.4, 0.5) is 9.18 Å². The van der Waals surface area contributed by atoms with Gasteiger partial charge in [0.05, 0.1) is 17.2 Å². The van der Waals surface area contributed by atoms with Crippen LogP contribution in [0.5, 0.6) is 5.75 Å². The molecule has 0 spiro atoms. The first kappa shape index (κ1) is 31.9. The highest BCUT2D eigenvalue weighted by atomic mass is 35.5. The molecule has 1 aromatic carbocycles. The number of carbonyl (C=O) groups is 2. The summed E-state index contributed by atoms with van der Waals surface area (Å²) in [4.78, 5) is 25.9. The molecule has 0 radical (unpaired) electrons. The van der Waals surface area contributed by atoms with E-state index in [1.807, 2.05) is 34.6 Å². The van der Waals surface area contributed by atoms with Crippen molar-refractivity contribution in [1.29, 1.82) is 0 Å². The van der Waals surface area contributed by atoms with Gasteiger partial charge in [-0.25, -0.2) is 14.0 Å². The summed E-state index contributed by atoms with van der Waals surface area (Å²) in [6.07, 6.45) is 1.18. The third-order valence-corrected chi connectivity index (χ3v) is 4.68. The lowest BCUT2D eigenvalue weighted by molar-refractivity contribution is 0.00629. The second kappa shape index (κ2) is 14.4. The molecule has 1 aromatic rings. The molecule has 1 aliphatic rings. The predicted octanol–water partition coefficient (Wildman–Crippen LogP) is 6.10. The molecule has 1 amide bonds. The normalized spacial score (nSPS) is 14.2. The van der Waals surface area contributed by atoms with Crippen molar-refractivity contribution in [3.05, 3.63) is 28.5 Å². The number of carbonyl (C=O) groups excluding carboxylic acids is 2. The number of hydrogen-bond acceptors (Lipinski definition) is 6. The molecule has 9 heteroatoms. The lowest BCUT2D eigenvalue weighted by Gasteiger charge is -2.33. The van der Waals surface area contributed by atoms with Crippen LogP contribution < -0.4 is 4.74 Å². The molecule has 0 aromatic heterocycles. The van der Waals surface area contributed by atoms with Gasteiger partial charge in [-0.2, -0.15) is 0 Å². The highest BCUT2D eigenvalue weighted by molar-refractivity contribution is 6.32. The van der Waals surface area contributed by atoms with Crippen molar-refractivity contribution in [3.8, 4) is 5.75 Å². The number of halogens is 2. The van der Waals surface area contributed by atoms with Gasteiger partial charge in [-0.3, -0.25) is 0 Å². The van der Waals surface area contributed by atoms with Gasteiger partial charge >= 0.3 is 12.1 Å². The number of benzene rings is 1. The van der Waals surface area contributed by atoms with Crippen LogP contribution in [0, 0.1) is 11.7 Å². The molecule has 1 fully saturated rings. The Balaban J connectivity index is 0.00000258. The second-order valence-electron chi connectivity index (χ2n) is 9.49. The molecular weight excluding hydrogens is 465 g/mol. The van der Waals surface area contributed by atoms with Crippen molar-refractivity contribution >= 4 is 23.7 Å². The monoisotopic (exact) mass is 505 g/mol. The fourth-order valence-corrected chi connectivity index (χ4v) is 3.16. The third-order valence-electron chi connectivity index (χ3n) is 4.38. The Hall–Kier alpha value is -2.06. The lowest BCUT2D eigenvalue weighted by atomic mass is 9.98. The van der Waals surface area contributed by atoms with E-state index in [-0.39, 0.29) is 28.3 Å². The summed E-state index contributed by atoms with van der Waals surface area (Å²) in [5, 5.41) is 7.14. The summed E-state index contributed by atoms with van der Waals surface area (Å²) in [6.45, 7) is 16.1. The molecule has 0 saturated carbocycles. The van der Waals surface area contributed by atoms with E-state index >= 15 is 0 Å². The topological polar surface area (TPSA) is 85.3 Å². The number of nitrogens with zero attached hydrogens (tertiary/aromatic N) is 1. The summed E-state index contributed by atoms with van der Waals surface area (Å²) in [6, 6.07) is 2.34. The fraction of sp³-hybridized carbons (Fsp3) is 0.680. The van der Waals surface area contributed by atoms with E-state index in [4.69, 9.17) is 30.9 Å². The molecule has 0 bridgehead atoms. The quantitative estimate of drug-likeness (QED) is 0.498. The van der Waals surface area contributed by atoms with Crippen LogP contribution in [0.2, 0.25) is 5.02 Å². The smallest absolute Gasteiger partial charge is 0.410 e. The average Bonchev–Trinajstić information content (AvgIpc) is 2.74. The lowest BCUT2D eigenvalue weighted by Crippen LogP contribution is -2.42. The molecule has 1 N–H and O–H groups in total. The molecule has 1 saturated heterocycles. The Kier molecular flexibility index (Phi) is 13.5. The van der Waals surface area contributed by atoms with Crippen LogP contribution in [0.15, 0.2) is 12.1 Å². The predicted molar refractivity (Wildman–Crippen MR) is 132 cm³/mol. The summed E-state index contributed by atoms with van der Waals surface area (Å²) in [7, 11) is 1.00. The molecule has 0 unspecified atom stereocenters. The van der Waals surface area contributed by atoms with E-state index in [9.17, 15) is 14.0 Å². The van der Waals surface area contributed by atoms with Crippen LogP contribution in [0.1, 0.15) is 78.6 Å². The van der Waals surface area contributed by atoms with E-state index in [1.54, 1.807) is 25.7 Å². The summed E-state index contributed by atoms with van der Waals surface area (Å²) < 4.78 is 30.7. The Bertz CT molecular complexity index is 781. The first-order valence-corrected chi connectivity index (χ1v) is 11.9. The molecular formula is C25H41ClFNO6. The maximum atomic E-state index is 14.4. The highest BCUT2D eigenvalue weighted by Gasteiger charge is 2.28. The van der Waals surface area contributed by atoms with Gasteiger partial charge in [0.15, 0.2) is 0 Å². The Labute approximate surface area is 208 Å². The Morgan fingerprint density at radius 3 is 2.00 bits per heavy atom. The molecule has 7 nitrogen and oxygen atoms in total. The van der Waals surface area contributed by atoms with Crippen molar-refractivity contribution in [2.45, 2.75) is 79.4 Å². The van der Waals surface area contributed by atoms with E-state index < -0.39 is 23.0 Å². The molecule has 1 heterocycles. The van der Waals surface area contributed by atoms with Gasteiger partial charge in [-0.15, -0.1) is 0 Å². The second-order valence-corrected chi connectivity index (χ2v) is 9.89. The van der Waals surface area contributed by atoms with Crippen molar-refractivity contribution in [3.63, 3.8) is 0 Å². The Morgan fingerprint density at radius 2 is 1.53 bits per heavy atom. The summed E-state index contributed by atoms with van der Waals surface area (Å²) >= 11 is 6.19. The number of piperidine rings is 1. The molecule has 2 rings (SSSR count). The molecule has 0 atom stereocenters. The van der Waals surface area contributed by atoms with Gasteiger partial charge in [0.2, 0.25) is 0 Å². The van der Waals surface area contributed by atoms with Crippen LogP contribution in [0.25, 0.3) is 0 Å². The third kappa shape index (κ3) is 11.4. The zero-order chi connectivity index (χ0) is 26.7. The van der Waals surface area contributed by atoms with Crippen molar-refractivity contribution in [1.82, 2.24) is 4.90 Å². The number of likely N-dealkylation sites (tertiary alicyclic amines) is 1. The molecule has 196 valence electrons. The first-order chi connectivity index (χ1) is 15.7. The van der Waals surface area contributed by atoms with E-state index in [1.165, 1.54) is 6.07 Å². The van der Waals surface area contributed by atoms with Crippen molar-refractivity contribution < 1.29 is 33.3 Å². The number of ether oxygens (including phenoxy) is 3. The number of esters is 1. The largest absolute Gasteiger partial charge is 0.492 e. The van der Waals surface area contributed by atoms with Crippen molar-refractivity contribution in [2.75, 3.05) is 26.8 Å². The summed E-state index contributed by atoms with van der Waals surface area (Å²) in [5.41, 5.74) is -1.49. The van der Waals surface area contributed by atoms with Gasteiger partial charge in [0, 0.05) is 26.3 Å². The van der Waals surface area contributed by atoms with Crippen molar-refractivity contribution in [2.24, 2.45) is 5.92 Å². The average molecular weight is 506 g/mol. The number of hydrogen-bond donors (Lipinski definition) is 1. The Morgan fingerprint density at radius 1 is 1.03 bits per heavy atom. The van der Waals surface area contributed by atoms with Gasteiger partial charge in [0.1, 0.15) is 22.8 Å². The zero-order valence-electron chi connectivity index (χ0n) is 22.0. The van der Waals surface area contributed by atoms with Gasteiger partial charge in [0.25, 0.3) is 0 Å². The number of rotatable bonds is 4. The van der Waals surface area contributed by atoms with E-state index in [0.29, 0.717) is 19.7 Å². The van der Waals surface area contributed by atoms with Crippen LogP contribution in [-0.2, 0) is 9.47 Å². The van der Waals surface area contributed by atoms with Gasteiger partial charge in [-0.1, -0.05) is 25.4 Å². The minimum absolute atomic E-state index is 0.142. The number of amides is 1. The standard InChI is InChI=1S/C22H31ClFNO5.C2H6.CH4O/c1-21(2,3)29-19(26)15-11-16(23)18(12-17(15)24)28-13-14-7-9-25(10-8-14)20(27)30-22(4,5)6;2*1-2/h11-12,14H,7-10,13H2,1-6H3;1-2H3;2H,1H3. The number of aliphatic hydroxyl groups is 1. The van der Waals surface area contributed by atoms with Gasteiger partial charge < -0.3 is 24.2 Å². The van der Waals surface area contributed by atoms with E-state index in [0.717, 1.165) is 26.0 Å². The molecule has 34 heavy (non-hydrogen) atoms. The van der Waals surface area contributed by atoms with E-state index in [2.05, 4.69) is 0 Å². The minimum atomic E-state index is -0.775. The van der Waals surface area contributed by atoms with Crippen LogP contribution >= 0.6 is 11.6 Å². The van der Waals surface area contributed by atoms with Crippen LogP contribution in [0.3, 0.4) is 0 Å². The maximum Gasteiger partial charge on any atom is 0.410 e. The van der Waals surface area contributed by atoms with Crippen LogP contribution in [-0.4, -0.2) is 60.1 Å². The zero-order valence-corrected chi connectivity index (χ0v) is 22.7. The molecule has 1 aliphatic heterocycles. The highest BCUT2D eigenvalue weighted by Crippen LogP contribution is 2.30. The number of aliphatic hydroxyl groups excluding tert-OH is 1. The SMILES string of the molecule is CC.CC(C)(C)OC(=O)c1cc(Cl)c(OCC2CCN(C(=O)OC(C)(C)C)CC2)cc1F.CO.